The van der Waals surface area contributed by atoms with E-state index in [0.29, 0.717) is 34.5 Å². The third-order valence-corrected chi connectivity index (χ3v) is 4.52. The number of para-hydroxylation sites is 1. The molecule has 0 aliphatic carbocycles. The fourth-order valence-corrected chi connectivity index (χ4v) is 3.10. The third-order valence-electron chi connectivity index (χ3n) is 4.19. The summed E-state index contributed by atoms with van der Waals surface area (Å²) >= 11 is 5.16. The Morgan fingerprint density at radius 2 is 1.97 bits per heavy atom. The Hall–Kier alpha value is -3.39. The summed E-state index contributed by atoms with van der Waals surface area (Å²) in [5.41, 5.74) is 1.83. The lowest BCUT2D eigenvalue weighted by Gasteiger charge is -2.12. The zero-order valence-electron chi connectivity index (χ0n) is 16.1. The first-order valence-electron chi connectivity index (χ1n) is 9.02. The predicted octanol–water partition coefficient (Wildman–Crippen LogP) is 2.79. The number of anilines is 1. The number of ether oxygens (including phenoxy) is 2. The van der Waals surface area contributed by atoms with Gasteiger partial charge in [-0.25, -0.2) is 0 Å². The fraction of sp³-hybridized carbons (Fsp3) is 0.190. The first-order valence-corrected chi connectivity index (χ1v) is 9.43. The van der Waals surface area contributed by atoms with E-state index in [1.807, 2.05) is 25.1 Å². The third kappa shape index (κ3) is 4.91. The van der Waals surface area contributed by atoms with Crippen molar-refractivity contribution in [1.29, 1.82) is 0 Å². The van der Waals surface area contributed by atoms with E-state index >= 15 is 0 Å². The van der Waals surface area contributed by atoms with E-state index in [0.717, 1.165) is 5.56 Å². The molecule has 8 heteroatoms. The lowest BCUT2D eigenvalue weighted by molar-refractivity contribution is -0.122. The Bertz CT molecular complexity index is 960. The number of nitrogens with zero attached hydrogens (tertiary/aromatic N) is 1. The van der Waals surface area contributed by atoms with Gasteiger partial charge in [-0.05, 0) is 55.0 Å². The molecule has 1 saturated heterocycles. The number of likely N-dealkylation sites (N-methyl/N-ethyl adjacent to an activating group) is 1. The van der Waals surface area contributed by atoms with E-state index in [1.54, 1.807) is 36.4 Å². The van der Waals surface area contributed by atoms with Crippen molar-refractivity contribution in [2.75, 3.05) is 25.6 Å². The maximum absolute atomic E-state index is 12.3. The molecule has 0 aromatic heterocycles. The lowest BCUT2D eigenvalue weighted by atomic mass is 10.1. The number of thiocarbonyl (C=S) groups is 1. The number of benzene rings is 2. The second-order valence-electron chi connectivity index (χ2n) is 6.15. The van der Waals surface area contributed by atoms with Gasteiger partial charge in [-0.1, -0.05) is 24.3 Å². The van der Waals surface area contributed by atoms with E-state index in [1.165, 1.54) is 12.0 Å². The molecule has 150 valence electrons. The monoisotopic (exact) mass is 411 g/mol. The van der Waals surface area contributed by atoms with E-state index in [9.17, 15) is 9.59 Å². The second kappa shape index (κ2) is 9.20. The molecule has 0 spiro atoms. The van der Waals surface area contributed by atoms with Gasteiger partial charge in [0, 0.05) is 12.2 Å². The van der Waals surface area contributed by atoms with Crippen molar-refractivity contribution in [3.63, 3.8) is 0 Å². The van der Waals surface area contributed by atoms with Gasteiger partial charge in [0.2, 0.25) is 0 Å². The standard InChI is InChI=1S/C21H21N3O4S/c1-3-24-20(26)16(23-21(24)29)11-14-9-10-17(18(12-14)27-2)28-13-19(25)22-15-7-5-4-6-8-15/h4-12H,3,13H2,1-2H3,(H,22,25)(H,23,29). The molecule has 1 aliphatic heterocycles. The summed E-state index contributed by atoms with van der Waals surface area (Å²) in [6, 6.07) is 14.3. The van der Waals surface area contributed by atoms with Gasteiger partial charge in [0.25, 0.3) is 11.8 Å². The summed E-state index contributed by atoms with van der Waals surface area (Å²) in [5, 5.41) is 6.05. The van der Waals surface area contributed by atoms with E-state index in [4.69, 9.17) is 21.7 Å². The molecule has 0 atom stereocenters. The maximum Gasteiger partial charge on any atom is 0.276 e. The number of carbonyl (C=O) groups excluding carboxylic acids is 2. The molecule has 1 heterocycles. The van der Waals surface area contributed by atoms with Crippen molar-refractivity contribution in [2.45, 2.75) is 6.92 Å². The Morgan fingerprint density at radius 1 is 1.21 bits per heavy atom. The molecule has 0 bridgehead atoms. The van der Waals surface area contributed by atoms with Gasteiger partial charge in [-0.15, -0.1) is 0 Å². The number of methoxy groups -OCH3 is 1. The zero-order valence-corrected chi connectivity index (χ0v) is 16.9. The summed E-state index contributed by atoms with van der Waals surface area (Å²) in [7, 11) is 1.51. The molecular formula is C21H21N3O4S. The maximum atomic E-state index is 12.3. The molecule has 1 aliphatic rings. The van der Waals surface area contributed by atoms with Crippen LogP contribution in [0.4, 0.5) is 5.69 Å². The Balaban J connectivity index is 1.68. The molecule has 0 radical (unpaired) electrons. The van der Waals surface area contributed by atoms with Gasteiger partial charge in [0.1, 0.15) is 5.70 Å². The number of nitrogens with one attached hydrogen (secondary N) is 2. The number of hydrogen-bond acceptors (Lipinski definition) is 5. The smallest absolute Gasteiger partial charge is 0.276 e. The van der Waals surface area contributed by atoms with Crippen LogP contribution < -0.4 is 20.1 Å². The summed E-state index contributed by atoms with van der Waals surface area (Å²) in [6.45, 7) is 2.20. The lowest BCUT2D eigenvalue weighted by Crippen LogP contribution is -2.30. The fourth-order valence-electron chi connectivity index (χ4n) is 2.78. The average molecular weight is 411 g/mol. The molecular weight excluding hydrogens is 390 g/mol. The first kappa shape index (κ1) is 20.3. The van der Waals surface area contributed by atoms with Crippen molar-refractivity contribution in [1.82, 2.24) is 10.2 Å². The largest absolute Gasteiger partial charge is 0.493 e. The zero-order chi connectivity index (χ0) is 20.8. The summed E-state index contributed by atoms with van der Waals surface area (Å²) < 4.78 is 11.0. The van der Waals surface area contributed by atoms with Crippen LogP contribution in [0.2, 0.25) is 0 Å². The number of hydrogen-bond donors (Lipinski definition) is 2. The minimum Gasteiger partial charge on any atom is -0.493 e. The van der Waals surface area contributed by atoms with Gasteiger partial charge in [0.05, 0.1) is 7.11 Å². The molecule has 2 amide bonds. The molecule has 29 heavy (non-hydrogen) atoms. The highest BCUT2D eigenvalue weighted by Crippen LogP contribution is 2.29. The molecule has 2 aromatic carbocycles. The van der Waals surface area contributed by atoms with E-state index < -0.39 is 0 Å². The minimum atomic E-state index is -0.279. The number of amides is 2. The number of rotatable bonds is 7. The van der Waals surface area contributed by atoms with Gasteiger partial charge >= 0.3 is 0 Å². The van der Waals surface area contributed by atoms with Crippen LogP contribution in [0.25, 0.3) is 6.08 Å². The van der Waals surface area contributed by atoms with Gasteiger partial charge < -0.3 is 20.1 Å². The van der Waals surface area contributed by atoms with E-state index in [-0.39, 0.29) is 18.4 Å². The summed E-state index contributed by atoms with van der Waals surface area (Å²) in [5.74, 6) is 0.425. The van der Waals surface area contributed by atoms with Crippen molar-refractivity contribution in [3.05, 3.63) is 59.8 Å². The first-order chi connectivity index (χ1) is 14.0. The SMILES string of the molecule is CCN1C(=O)C(=Cc2ccc(OCC(=O)Nc3ccccc3)c(OC)c2)NC1=S. The molecule has 3 rings (SSSR count). The van der Waals surface area contributed by atoms with Crippen LogP contribution in [0.15, 0.2) is 54.2 Å². The van der Waals surface area contributed by atoms with Crippen LogP contribution >= 0.6 is 12.2 Å². The van der Waals surface area contributed by atoms with Crippen molar-refractivity contribution in [2.24, 2.45) is 0 Å². The highest BCUT2D eigenvalue weighted by Gasteiger charge is 2.29. The van der Waals surface area contributed by atoms with Crippen LogP contribution in [0, 0.1) is 0 Å². The van der Waals surface area contributed by atoms with Gasteiger partial charge in [-0.2, -0.15) is 0 Å². The van der Waals surface area contributed by atoms with Gasteiger partial charge in [0.15, 0.2) is 23.2 Å². The summed E-state index contributed by atoms with van der Waals surface area (Å²) in [6.07, 6.45) is 1.69. The normalized spacial score (nSPS) is 14.7. The molecule has 0 unspecified atom stereocenters. The highest BCUT2D eigenvalue weighted by molar-refractivity contribution is 7.80. The van der Waals surface area contributed by atoms with Crippen LogP contribution in [0.1, 0.15) is 12.5 Å². The molecule has 2 aromatic rings. The van der Waals surface area contributed by atoms with E-state index in [2.05, 4.69) is 10.6 Å². The van der Waals surface area contributed by atoms with Crippen LogP contribution in [-0.4, -0.2) is 42.1 Å². The highest BCUT2D eigenvalue weighted by atomic mass is 32.1. The Morgan fingerprint density at radius 3 is 2.62 bits per heavy atom. The summed E-state index contributed by atoms with van der Waals surface area (Å²) in [4.78, 5) is 25.9. The quantitative estimate of drug-likeness (QED) is 0.539. The predicted molar refractivity (Wildman–Crippen MR) is 115 cm³/mol. The number of carbonyl (C=O) groups is 2. The minimum absolute atomic E-state index is 0.161. The van der Waals surface area contributed by atoms with Crippen molar-refractivity contribution in [3.8, 4) is 11.5 Å². The van der Waals surface area contributed by atoms with Crippen LogP contribution in [0.5, 0.6) is 11.5 Å². The van der Waals surface area contributed by atoms with Crippen LogP contribution in [0.3, 0.4) is 0 Å². The Labute approximate surface area is 174 Å². The van der Waals surface area contributed by atoms with Gasteiger partial charge in [-0.3, -0.25) is 14.5 Å². The van der Waals surface area contributed by atoms with Crippen molar-refractivity contribution >= 4 is 40.9 Å². The van der Waals surface area contributed by atoms with Crippen LogP contribution in [-0.2, 0) is 9.59 Å². The van der Waals surface area contributed by atoms with Crippen molar-refractivity contribution < 1.29 is 19.1 Å². The molecule has 0 saturated carbocycles. The second-order valence-corrected chi connectivity index (χ2v) is 6.54. The molecule has 1 fully saturated rings. The Kier molecular flexibility index (Phi) is 6.46. The topological polar surface area (TPSA) is 79.9 Å². The molecule has 2 N–H and O–H groups in total. The average Bonchev–Trinajstić information content (AvgIpc) is 2.99. The molecule has 7 nitrogen and oxygen atoms in total.